The maximum absolute atomic E-state index is 13.5. The predicted molar refractivity (Wildman–Crippen MR) is 137 cm³/mol. The third-order valence-corrected chi connectivity index (χ3v) is 6.83. The summed E-state index contributed by atoms with van der Waals surface area (Å²) in [5.41, 5.74) is 3.32. The molecule has 1 N–H and O–H groups in total. The Hall–Kier alpha value is -2.87. The summed E-state index contributed by atoms with van der Waals surface area (Å²) < 4.78 is 26.4. The van der Waals surface area contributed by atoms with Crippen LogP contribution < -0.4 is 9.62 Å². The molecule has 7 nitrogen and oxygen atoms in total. The molecular weight excluding hydrogens is 450 g/mol. The lowest BCUT2D eigenvalue weighted by Gasteiger charge is -2.31. The minimum atomic E-state index is -3.74. The van der Waals surface area contributed by atoms with E-state index in [-0.39, 0.29) is 17.9 Å². The van der Waals surface area contributed by atoms with Crippen molar-refractivity contribution in [1.29, 1.82) is 0 Å². The summed E-state index contributed by atoms with van der Waals surface area (Å²) in [6.45, 7) is 11.9. The molecule has 0 fully saturated rings. The van der Waals surface area contributed by atoms with Gasteiger partial charge in [0.2, 0.25) is 21.8 Å². The van der Waals surface area contributed by atoms with E-state index in [0.717, 1.165) is 27.3 Å². The van der Waals surface area contributed by atoms with Crippen molar-refractivity contribution in [1.82, 2.24) is 10.2 Å². The van der Waals surface area contributed by atoms with E-state index in [1.165, 1.54) is 4.90 Å². The number of rotatable bonds is 9. The first-order valence-corrected chi connectivity index (χ1v) is 13.3. The molecule has 0 aliphatic carbocycles. The Morgan fingerprint density at radius 1 is 1.00 bits per heavy atom. The van der Waals surface area contributed by atoms with Gasteiger partial charge in [-0.15, -0.1) is 0 Å². The summed E-state index contributed by atoms with van der Waals surface area (Å²) >= 11 is 0. The summed E-state index contributed by atoms with van der Waals surface area (Å²) in [7, 11) is -3.74. The number of carbonyl (C=O) groups excluding carboxylic acids is 2. The van der Waals surface area contributed by atoms with E-state index in [4.69, 9.17) is 0 Å². The van der Waals surface area contributed by atoms with Gasteiger partial charge in [-0.3, -0.25) is 13.9 Å². The van der Waals surface area contributed by atoms with Crippen molar-refractivity contribution in [2.24, 2.45) is 0 Å². The fraction of sp³-hybridized carbons (Fsp3) is 0.462. The number of hydrogen-bond donors (Lipinski definition) is 1. The maximum Gasteiger partial charge on any atom is 0.244 e. The van der Waals surface area contributed by atoms with Crippen molar-refractivity contribution in [3.63, 3.8) is 0 Å². The average Bonchev–Trinajstić information content (AvgIpc) is 2.75. The molecule has 0 aliphatic rings. The van der Waals surface area contributed by atoms with Crippen LogP contribution in [0.15, 0.2) is 48.5 Å². The molecule has 2 rings (SSSR count). The van der Waals surface area contributed by atoms with Gasteiger partial charge < -0.3 is 10.2 Å². The van der Waals surface area contributed by atoms with E-state index < -0.39 is 28.5 Å². The van der Waals surface area contributed by atoms with Crippen LogP contribution >= 0.6 is 0 Å². The zero-order chi connectivity index (χ0) is 25.7. The maximum atomic E-state index is 13.5. The van der Waals surface area contributed by atoms with Gasteiger partial charge in [0.1, 0.15) is 12.6 Å². The molecule has 8 heteroatoms. The summed E-state index contributed by atoms with van der Waals surface area (Å²) in [5, 5.41) is 2.75. The van der Waals surface area contributed by atoms with Crippen LogP contribution in [0.5, 0.6) is 0 Å². The van der Waals surface area contributed by atoms with Crippen LogP contribution in [-0.4, -0.2) is 50.5 Å². The van der Waals surface area contributed by atoms with Gasteiger partial charge in [-0.2, -0.15) is 0 Å². The van der Waals surface area contributed by atoms with Crippen LogP contribution in [0.3, 0.4) is 0 Å². The summed E-state index contributed by atoms with van der Waals surface area (Å²) in [6, 6.07) is 14.1. The van der Waals surface area contributed by atoms with Gasteiger partial charge in [0, 0.05) is 13.1 Å². The zero-order valence-electron chi connectivity index (χ0n) is 21.3. The van der Waals surface area contributed by atoms with Gasteiger partial charge in [-0.25, -0.2) is 8.42 Å². The van der Waals surface area contributed by atoms with Crippen LogP contribution in [0.4, 0.5) is 5.69 Å². The third kappa shape index (κ3) is 7.32. The minimum Gasteiger partial charge on any atom is -0.355 e. The van der Waals surface area contributed by atoms with Crippen molar-refractivity contribution in [2.75, 3.05) is 23.7 Å². The molecule has 1 atom stereocenters. The Labute approximate surface area is 204 Å². The Kier molecular flexibility index (Phi) is 8.89. The summed E-state index contributed by atoms with van der Waals surface area (Å²) in [6.07, 6.45) is 1.08. The van der Waals surface area contributed by atoms with E-state index in [0.29, 0.717) is 12.2 Å². The van der Waals surface area contributed by atoms with Crippen LogP contribution in [0.25, 0.3) is 0 Å². The third-order valence-electron chi connectivity index (χ3n) is 5.69. The Morgan fingerprint density at radius 3 is 2.03 bits per heavy atom. The van der Waals surface area contributed by atoms with Crippen LogP contribution in [-0.2, 0) is 31.6 Å². The Balaban J connectivity index is 2.38. The topological polar surface area (TPSA) is 86.8 Å². The second kappa shape index (κ2) is 11.0. The Morgan fingerprint density at radius 2 is 1.56 bits per heavy atom. The normalized spacial score (nSPS) is 12.7. The SMILES string of the molecule is CCNC(=O)C(C)N(Cc1ccc(C)cc1)C(=O)CN(c1ccc(C(C)(C)C)cc1)S(C)(=O)=O. The molecule has 2 aromatic carbocycles. The summed E-state index contributed by atoms with van der Waals surface area (Å²) in [4.78, 5) is 27.5. The highest BCUT2D eigenvalue weighted by Crippen LogP contribution is 2.26. The molecule has 1 unspecified atom stereocenters. The molecular formula is C26H37N3O4S. The molecule has 0 aliphatic heterocycles. The highest BCUT2D eigenvalue weighted by Gasteiger charge is 2.30. The first kappa shape index (κ1) is 27.4. The van der Waals surface area contributed by atoms with Crippen molar-refractivity contribution in [3.8, 4) is 0 Å². The molecule has 0 radical (unpaired) electrons. The zero-order valence-corrected chi connectivity index (χ0v) is 22.1. The number of sulfonamides is 1. The van der Waals surface area contributed by atoms with Gasteiger partial charge in [0.25, 0.3) is 0 Å². The number of nitrogens with zero attached hydrogens (tertiary/aromatic N) is 2. The first-order chi connectivity index (χ1) is 15.7. The van der Waals surface area contributed by atoms with E-state index in [2.05, 4.69) is 26.1 Å². The van der Waals surface area contributed by atoms with Crippen LogP contribution in [0.1, 0.15) is 51.3 Å². The largest absolute Gasteiger partial charge is 0.355 e. The molecule has 0 heterocycles. The number of amides is 2. The fourth-order valence-electron chi connectivity index (χ4n) is 3.54. The fourth-order valence-corrected chi connectivity index (χ4v) is 4.39. The number of carbonyl (C=O) groups is 2. The highest BCUT2D eigenvalue weighted by atomic mass is 32.2. The molecule has 186 valence electrons. The van der Waals surface area contributed by atoms with Crippen LogP contribution in [0, 0.1) is 6.92 Å². The van der Waals surface area contributed by atoms with Gasteiger partial charge in [0.15, 0.2) is 0 Å². The van der Waals surface area contributed by atoms with Gasteiger partial charge in [0.05, 0.1) is 11.9 Å². The van der Waals surface area contributed by atoms with Crippen molar-refractivity contribution in [3.05, 3.63) is 65.2 Å². The number of nitrogens with one attached hydrogen (secondary N) is 1. The smallest absolute Gasteiger partial charge is 0.244 e. The van der Waals surface area contributed by atoms with E-state index in [1.807, 2.05) is 50.2 Å². The van der Waals surface area contributed by atoms with Crippen molar-refractivity contribution in [2.45, 2.75) is 59.5 Å². The van der Waals surface area contributed by atoms with Gasteiger partial charge in [-0.1, -0.05) is 62.7 Å². The van der Waals surface area contributed by atoms with E-state index in [1.54, 1.807) is 19.1 Å². The van der Waals surface area contributed by atoms with Gasteiger partial charge in [-0.05, 0) is 49.4 Å². The van der Waals surface area contributed by atoms with Crippen molar-refractivity contribution < 1.29 is 18.0 Å². The Bertz CT molecular complexity index is 1090. The number of benzene rings is 2. The van der Waals surface area contributed by atoms with E-state index >= 15 is 0 Å². The second-order valence-corrected chi connectivity index (χ2v) is 11.6. The average molecular weight is 488 g/mol. The minimum absolute atomic E-state index is 0.0861. The number of anilines is 1. The summed E-state index contributed by atoms with van der Waals surface area (Å²) in [5.74, 6) is -0.743. The number of aryl methyl sites for hydroxylation is 1. The highest BCUT2D eigenvalue weighted by molar-refractivity contribution is 7.92. The van der Waals surface area contributed by atoms with E-state index in [9.17, 15) is 18.0 Å². The molecule has 0 saturated carbocycles. The first-order valence-electron chi connectivity index (χ1n) is 11.4. The lowest BCUT2D eigenvalue weighted by Crippen LogP contribution is -2.51. The molecule has 0 aromatic heterocycles. The molecule has 0 bridgehead atoms. The number of hydrogen-bond acceptors (Lipinski definition) is 4. The molecule has 2 amide bonds. The quantitative estimate of drug-likeness (QED) is 0.585. The standard InChI is InChI=1S/C26H37N3O4S/c1-8-27-25(31)20(3)28(17-21-11-9-19(2)10-12-21)24(30)18-29(34(7,32)33)23-15-13-22(14-16-23)26(4,5)6/h9-16,20H,8,17-18H2,1-7H3,(H,27,31). The lowest BCUT2D eigenvalue weighted by atomic mass is 9.87. The van der Waals surface area contributed by atoms with Crippen molar-refractivity contribution >= 4 is 27.5 Å². The molecule has 34 heavy (non-hydrogen) atoms. The lowest BCUT2D eigenvalue weighted by molar-refractivity contribution is -0.139. The van der Waals surface area contributed by atoms with Gasteiger partial charge >= 0.3 is 0 Å². The molecule has 2 aromatic rings. The molecule has 0 saturated heterocycles. The second-order valence-electron chi connectivity index (χ2n) is 9.64. The van der Waals surface area contributed by atoms with Crippen LogP contribution in [0.2, 0.25) is 0 Å². The predicted octanol–water partition coefficient (Wildman–Crippen LogP) is 3.61. The molecule has 0 spiro atoms. The monoisotopic (exact) mass is 487 g/mol. The number of likely N-dealkylation sites (N-methyl/N-ethyl adjacent to an activating group) is 1.